The van der Waals surface area contributed by atoms with Crippen molar-refractivity contribution < 1.29 is 27.4 Å². The number of hydrogen-bond acceptors (Lipinski definition) is 3. The van der Waals surface area contributed by atoms with Crippen molar-refractivity contribution in [3.05, 3.63) is 77.1 Å². The predicted molar refractivity (Wildman–Crippen MR) is 139 cm³/mol. The predicted octanol–water partition coefficient (Wildman–Crippen LogP) is 8.36. The molecule has 0 heterocycles. The number of rotatable bonds is 11. The molecule has 3 nitrogen and oxygen atoms in total. The van der Waals surface area contributed by atoms with E-state index in [0.717, 1.165) is 51.4 Å². The summed E-state index contributed by atoms with van der Waals surface area (Å²) in [6, 6.07) is 8.41. The summed E-state index contributed by atoms with van der Waals surface area (Å²) in [5.41, 5.74) is 1.46. The van der Waals surface area contributed by atoms with Gasteiger partial charge in [0.2, 0.25) is 0 Å². The average molecular weight is 517 g/mol. The van der Waals surface area contributed by atoms with Crippen LogP contribution in [0.3, 0.4) is 0 Å². The van der Waals surface area contributed by atoms with Gasteiger partial charge in [-0.3, -0.25) is 0 Å². The van der Waals surface area contributed by atoms with Crippen molar-refractivity contribution in [1.29, 1.82) is 0 Å². The standard InChI is InChI=1S/C31H39F3O3/c1-3-5-18-36-26-15-10-23(29(32)19-26)20-37-25-13-8-22(9-14-25)28-17-16-27(30(33)31(28)34)21-6-11-24(12-7-21)35-4-2/h3,10,15-17,19,21-22,24-25H,1,4-9,11-14,18,20H2,2H3. The van der Waals surface area contributed by atoms with Crippen LogP contribution in [-0.4, -0.2) is 25.4 Å². The Morgan fingerprint density at radius 1 is 0.811 bits per heavy atom. The molecule has 2 aromatic rings. The highest BCUT2D eigenvalue weighted by molar-refractivity contribution is 5.32. The Morgan fingerprint density at radius 2 is 1.38 bits per heavy atom. The van der Waals surface area contributed by atoms with Gasteiger partial charge in [-0.2, -0.15) is 0 Å². The van der Waals surface area contributed by atoms with Crippen molar-refractivity contribution in [3.63, 3.8) is 0 Å². The van der Waals surface area contributed by atoms with E-state index < -0.39 is 11.6 Å². The summed E-state index contributed by atoms with van der Waals surface area (Å²) >= 11 is 0. The molecule has 0 saturated heterocycles. The molecule has 0 atom stereocenters. The smallest absolute Gasteiger partial charge is 0.162 e. The highest BCUT2D eigenvalue weighted by Gasteiger charge is 2.30. The van der Waals surface area contributed by atoms with Crippen LogP contribution in [0.5, 0.6) is 5.75 Å². The molecule has 0 radical (unpaired) electrons. The Kier molecular flexibility index (Phi) is 10.1. The summed E-state index contributed by atoms with van der Waals surface area (Å²) in [4.78, 5) is 0. The van der Waals surface area contributed by atoms with Crippen molar-refractivity contribution >= 4 is 0 Å². The van der Waals surface area contributed by atoms with Gasteiger partial charge < -0.3 is 14.2 Å². The van der Waals surface area contributed by atoms with Gasteiger partial charge in [0.1, 0.15) is 11.6 Å². The highest BCUT2D eigenvalue weighted by Crippen LogP contribution is 2.40. The van der Waals surface area contributed by atoms with Crippen LogP contribution in [0.2, 0.25) is 0 Å². The lowest BCUT2D eigenvalue weighted by Gasteiger charge is -2.31. The highest BCUT2D eigenvalue weighted by atomic mass is 19.2. The Hall–Kier alpha value is -2.31. The molecule has 0 aromatic heterocycles. The molecule has 0 spiro atoms. The molecular weight excluding hydrogens is 477 g/mol. The Balaban J connectivity index is 1.27. The molecule has 2 saturated carbocycles. The Bertz CT molecular complexity index is 1020. The van der Waals surface area contributed by atoms with Crippen LogP contribution in [0.4, 0.5) is 13.2 Å². The molecule has 0 amide bonds. The molecule has 2 aliphatic rings. The van der Waals surface area contributed by atoms with Crippen LogP contribution >= 0.6 is 0 Å². The maximum Gasteiger partial charge on any atom is 0.162 e. The molecule has 202 valence electrons. The first kappa shape index (κ1) is 27.7. The van der Waals surface area contributed by atoms with Crippen LogP contribution < -0.4 is 4.74 Å². The fraction of sp³-hybridized carbons (Fsp3) is 0.548. The third-order valence-electron chi connectivity index (χ3n) is 7.86. The third-order valence-corrected chi connectivity index (χ3v) is 7.86. The minimum atomic E-state index is -0.689. The molecule has 0 unspecified atom stereocenters. The lowest BCUT2D eigenvalue weighted by atomic mass is 9.79. The number of halogens is 3. The summed E-state index contributed by atoms with van der Waals surface area (Å²) in [6.07, 6.45) is 9.02. The van der Waals surface area contributed by atoms with Crippen molar-refractivity contribution in [1.82, 2.24) is 0 Å². The van der Waals surface area contributed by atoms with Crippen LogP contribution in [0, 0.1) is 17.5 Å². The zero-order chi connectivity index (χ0) is 26.2. The summed E-state index contributed by atoms with van der Waals surface area (Å²) in [6.45, 7) is 6.96. The van der Waals surface area contributed by atoms with Gasteiger partial charge in [0.25, 0.3) is 0 Å². The van der Waals surface area contributed by atoms with E-state index in [9.17, 15) is 4.39 Å². The van der Waals surface area contributed by atoms with Crippen molar-refractivity contribution in [3.8, 4) is 5.75 Å². The zero-order valence-electron chi connectivity index (χ0n) is 21.8. The first-order chi connectivity index (χ1) is 18.0. The Labute approximate surface area is 219 Å². The first-order valence-corrected chi connectivity index (χ1v) is 13.7. The Morgan fingerprint density at radius 3 is 1.89 bits per heavy atom. The largest absolute Gasteiger partial charge is 0.493 e. The minimum absolute atomic E-state index is 0.0214. The van der Waals surface area contributed by atoms with Gasteiger partial charge in [-0.25, -0.2) is 13.2 Å². The van der Waals surface area contributed by atoms with Gasteiger partial charge in [0.15, 0.2) is 11.6 Å². The van der Waals surface area contributed by atoms with Crippen LogP contribution in [-0.2, 0) is 16.1 Å². The molecule has 2 aliphatic carbocycles. The van der Waals surface area contributed by atoms with Crippen LogP contribution in [0.15, 0.2) is 43.0 Å². The fourth-order valence-electron chi connectivity index (χ4n) is 5.73. The molecular formula is C31H39F3O3. The summed E-state index contributed by atoms with van der Waals surface area (Å²) in [5.74, 6) is -1.20. The lowest BCUT2D eigenvalue weighted by Crippen LogP contribution is -2.23. The SMILES string of the molecule is C=CCCOc1ccc(COC2CCC(c3ccc(C4CCC(OCC)CC4)c(F)c3F)CC2)c(F)c1. The van der Waals surface area contributed by atoms with E-state index in [0.29, 0.717) is 42.1 Å². The van der Waals surface area contributed by atoms with Crippen molar-refractivity contribution in [2.24, 2.45) is 0 Å². The maximum atomic E-state index is 15.2. The number of ether oxygens (including phenoxy) is 3. The van der Waals surface area contributed by atoms with Gasteiger partial charge in [0.05, 0.1) is 25.4 Å². The molecule has 0 N–H and O–H groups in total. The fourth-order valence-corrected chi connectivity index (χ4v) is 5.73. The molecule has 6 heteroatoms. The van der Waals surface area contributed by atoms with E-state index >= 15 is 8.78 Å². The molecule has 2 fully saturated rings. The average Bonchev–Trinajstić information content (AvgIpc) is 2.91. The minimum Gasteiger partial charge on any atom is -0.493 e. The van der Waals surface area contributed by atoms with Gasteiger partial charge in [-0.15, -0.1) is 6.58 Å². The van der Waals surface area contributed by atoms with Crippen molar-refractivity contribution in [2.45, 2.75) is 95.4 Å². The molecule has 2 aromatic carbocycles. The van der Waals surface area contributed by atoms with E-state index in [1.54, 1.807) is 30.3 Å². The van der Waals surface area contributed by atoms with Crippen LogP contribution in [0.25, 0.3) is 0 Å². The summed E-state index contributed by atoms with van der Waals surface area (Å²) in [7, 11) is 0. The van der Waals surface area contributed by atoms with Gasteiger partial charge in [-0.1, -0.05) is 24.3 Å². The zero-order valence-corrected chi connectivity index (χ0v) is 21.8. The van der Waals surface area contributed by atoms with Crippen LogP contribution in [0.1, 0.15) is 93.2 Å². The lowest BCUT2D eigenvalue weighted by molar-refractivity contribution is 0.0118. The van der Waals surface area contributed by atoms with E-state index in [4.69, 9.17) is 14.2 Å². The molecule has 0 bridgehead atoms. The normalized spacial score (nSPS) is 24.1. The van der Waals surface area contributed by atoms with Crippen molar-refractivity contribution in [2.75, 3.05) is 13.2 Å². The summed E-state index contributed by atoms with van der Waals surface area (Å²) in [5, 5.41) is 0. The monoisotopic (exact) mass is 516 g/mol. The maximum absolute atomic E-state index is 15.2. The number of benzene rings is 2. The summed E-state index contributed by atoms with van der Waals surface area (Å²) < 4.78 is 61.9. The van der Waals surface area contributed by atoms with Gasteiger partial charge >= 0.3 is 0 Å². The topological polar surface area (TPSA) is 27.7 Å². The second-order valence-electron chi connectivity index (χ2n) is 10.3. The van der Waals surface area contributed by atoms with E-state index in [1.165, 1.54) is 6.07 Å². The molecule has 4 rings (SSSR count). The molecule has 37 heavy (non-hydrogen) atoms. The van der Waals surface area contributed by atoms with E-state index in [-0.39, 0.29) is 36.5 Å². The van der Waals surface area contributed by atoms with Gasteiger partial charge in [0, 0.05) is 18.2 Å². The number of hydrogen-bond donors (Lipinski definition) is 0. The quantitative estimate of drug-likeness (QED) is 0.222. The van der Waals surface area contributed by atoms with Gasteiger partial charge in [-0.05, 0) is 93.7 Å². The van der Waals surface area contributed by atoms with E-state index in [2.05, 4.69) is 6.58 Å². The second kappa shape index (κ2) is 13.5. The third kappa shape index (κ3) is 7.17. The second-order valence-corrected chi connectivity index (χ2v) is 10.3. The first-order valence-electron chi connectivity index (χ1n) is 13.7. The molecule has 0 aliphatic heterocycles. The van der Waals surface area contributed by atoms with E-state index in [1.807, 2.05) is 6.92 Å².